The highest BCUT2D eigenvalue weighted by Crippen LogP contribution is 2.24. The molecule has 0 saturated heterocycles. The molecule has 10 heteroatoms. The third-order valence-corrected chi connectivity index (χ3v) is 5.90. The van der Waals surface area contributed by atoms with Crippen LogP contribution in [0, 0.1) is 5.92 Å². The van der Waals surface area contributed by atoms with Crippen molar-refractivity contribution in [3.8, 4) is 0 Å². The number of amides is 1. The maximum absolute atomic E-state index is 12.8. The van der Waals surface area contributed by atoms with Crippen molar-refractivity contribution in [2.24, 2.45) is 5.92 Å². The van der Waals surface area contributed by atoms with E-state index in [9.17, 15) is 26.4 Å². The van der Waals surface area contributed by atoms with Crippen molar-refractivity contribution >= 4 is 32.5 Å². The number of fused-ring (bicyclic) bond motifs is 1. The molecule has 1 heterocycles. The van der Waals surface area contributed by atoms with E-state index in [-0.39, 0.29) is 10.8 Å². The van der Waals surface area contributed by atoms with Gasteiger partial charge in [-0.05, 0) is 36.2 Å². The van der Waals surface area contributed by atoms with Crippen LogP contribution in [0.2, 0.25) is 0 Å². The summed E-state index contributed by atoms with van der Waals surface area (Å²) < 4.78 is 64.3. The fourth-order valence-electron chi connectivity index (χ4n) is 3.15. The van der Waals surface area contributed by atoms with Crippen molar-refractivity contribution in [3.63, 3.8) is 0 Å². The number of alkyl halides is 3. The van der Waals surface area contributed by atoms with Crippen LogP contribution in [0.4, 0.5) is 18.9 Å². The molecule has 3 aromatic rings. The smallest absolute Gasteiger partial charge is 0.346 e. The molecule has 1 amide bonds. The maximum Gasteiger partial charge on any atom is 0.402 e. The SMILES string of the molecule is CC(C)Cn1cc(C(=O)Nc2ccc(S(=O)(=O)NCC(F)(F)F)cc2)c2ccccc21. The van der Waals surface area contributed by atoms with Gasteiger partial charge in [0.25, 0.3) is 5.91 Å². The van der Waals surface area contributed by atoms with Gasteiger partial charge in [-0.1, -0.05) is 32.0 Å². The largest absolute Gasteiger partial charge is 0.402 e. The highest BCUT2D eigenvalue weighted by atomic mass is 32.2. The van der Waals surface area contributed by atoms with Gasteiger partial charge in [0.1, 0.15) is 6.54 Å². The van der Waals surface area contributed by atoms with Crippen LogP contribution in [0.3, 0.4) is 0 Å². The lowest BCUT2D eigenvalue weighted by Gasteiger charge is -2.10. The average Bonchev–Trinajstić information content (AvgIpc) is 3.05. The van der Waals surface area contributed by atoms with Gasteiger partial charge in [-0.2, -0.15) is 13.2 Å². The first kappa shape index (κ1) is 22.8. The van der Waals surface area contributed by atoms with E-state index in [1.807, 2.05) is 28.8 Å². The first-order chi connectivity index (χ1) is 14.5. The number of hydrogen-bond donors (Lipinski definition) is 2. The molecule has 0 spiro atoms. The lowest BCUT2D eigenvalue weighted by atomic mass is 10.1. The molecule has 0 aliphatic carbocycles. The number of benzene rings is 2. The third kappa shape index (κ3) is 5.65. The Morgan fingerprint density at radius 1 is 1.06 bits per heavy atom. The number of anilines is 1. The van der Waals surface area contributed by atoms with Crippen LogP contribution in [0.25, 0.3) is 10.9 Å². The van der Waals surface area contributed by atoms with Crippen molar-refractivity contribution in [3.05, 3.63) is 60.3 Å². The Bertz CT molecular complexity index is 1180. The van der Waals surface area contributed by atoms with Gasteiger partial charge in [-0.3, -0.25) is 4.79 Å². The summed E-state index contributed by atoms with van der Waals surface area (Å²) >= 11 is 0. The molecule has 31 heavy (non-hydrogen) atoms. The number of rotatable bonds is 7. The molecule has 1 aromatic heterocycles. The average molecular weight is 453 g/mol. The first-order valence-corrected chi connectivity index (χ1v) is 11.0. The normalized spacial score (nSPS) is 12.5. The van der Waals surface area contributed by atoms with Gasteiger partial charge in [0.15, 0.2) is 0 Å². The Labute approximate surface area is 178 Å². The van der Waals surface area contributed by atoms with E-state index in [2.05, 4.69) is 19.2 Å². The number of carbonyl (C=O) groups is 1. The zero-order chi connectivity index (χ0) is 22.8. The Balaban J connectivity index is 1.79. The highest BCUT2D eigenvalue weighted by molar-refractivity contribution is 7.89. The van der Waals surface area contributed by atoms with Crippen molar-refractivity contribution in [1.29, 1.82) is 0 Å². The molecular formula is C21H22F3N3O3S. The number of aromatic nitrogens is 1. The quantitative estimate of drug-likeness (QED) is 0.557. The highest BCUT2D eigenvalue weighted by Gasteiger charge is 2.30. The number of nitrogens with zero attached hydrogens (tertiary/aromatic N) is 1. The molecule has 6 nitrogen and oxygen atoms in total. The van der Waals surface area contributed by atoms with Crippen molar-refractivity contribution in [1.82, 2.24) is 9.29 Å². The second kappa shape index (κ2) is 8.72. The number of halogens is 3. The topological polar surface area (TPSA) is 80.2 Å². The number of nitrogens with one attached hydrogen (secondary N) is 2. The van der Waals surface area contributed by atoms with E-state index >= 15 is 0 Å². The van der Waals surface area contributed by atoms with Crippen LogP contribution >= 0.6 is 0 Å². The molecule has 0 fully saturated rings. The fraction of sp³-hybridized carbons (Fsp3) is 0.286. The van der Waals surface area contributed by atoms with Crippen LogP contribution in [-0.2, 0) is 16.6 Å². The van der Waals surface area contributed by atoms with Crippen molar-refractivity contribution in [2.75, 3.05) is 11.9 Å². The van der Waals surface area contributed by atoms with Gasteiger partial charge in [-0.15, -0.1) is 0 Å². The van der Waals surface area contributed by atoms with E-state index in [1.165, 1.54) is 16.9 Å². The first-order valence-electron chi connectivity index (χ1n) is 9.52. The zero-order valence-electron chi connectivity index (χ0n) is 16.9. The number of carbonyl (C=O) groups excluding carboxylic acids is 1. The van der Waals surface area contributed by atoms with E-state index in [1.54, 1.807) is 6.20 Å². The predicted molar refractivity (Wildman–Crippen MR) is 112 cm³/mol. The Morgan fingerprint density at radius 2 is 1.71 bits per heavy atom. The summed E-state index contributed by atoms with van der Waals surface area (Å²) in [4.78, 5) is 12.5. The molecule has 0 aliphatic heterocycles. The van der Waals surface area contributed by atoms with Crippen molar-refractivity contribution < 1.29 is 26.4 Å². The van der Waals surface area contributed by atoms with E-state index in [4.69, 9.17) is 0 Å². The van der Waals surface area contributed by atoms with Gasteiger partial charge in [0.2, 0.25) is 10.0 Å². The van der Waals surface area contributed by atoms with E-state index < -0.39 is 22.7 Å². The summed E-state index contributed by atoms with van der Waals surface area (Å²) in [5, 5.41) is 3.49. The fourth-order valence-corrected chi connectivity index (χ4v) is 4.16. The minimum Gasteiger partial charge on any atom is -0.346 e. The van der Waals surface area contributed by atoms with Crippen LogP contribution in [-0.4, -0.2) is 31.6 Å². The molecule has 2 aromatic carbocycles. The van der Waals surface area contributed by atoms with Crippen LogP contribution < -0.4 is 10.0 Å². The summed E-state index contributed by atoms with van der Waals surface area (Å²) in [6, 6.07) is 12.4. The minimum absolute atomic E-state index is 0.320. The summed E-state index contributed by atoms with van der Waals surface area (Å²) in [7, 11) is -4.31. The zero-order valence-corrected chi connectivity index (χ0v) is 17.7. The van der Waals surface area contributed by atoms with Gasteiger partial charge >= 0.3 is 6.18 Å². The van der Waals surface area contributed by atoms with Gasteiger partial charge in [0, 0.05) is 29.3 Å². The second-order valence-corrected chi connectivity index (χ2v) is 9.29. The molecule has 3 rings (SSSR count). The number of hydrogen-bond acceptors (Lipinski definition) is 3. The summed E-state index contributed by atoms with van der Waals surface area (Å²) in [6.45, 7) is 3.24. The van der Waals surface area contributed by atoms with Crippen LogP contribution in [0.1, 0.15) is 24.2 Å². The molecule has 166 valence electrons. The van der Waals surface area contributed by atoms with Gasteiger partial charge < -0.3 is 9.88 Å². The third-order valence-electron chi connectivity index (χ3n) is 4.48. The lowest BCUT2D eigenvalue weighted by molar-refractivity contribution is -0.121. The Morgan fingerprint density at radius 3 is 2.32 bits per heavy atom. The van der Waals surface area contributed by atoms with Crippen LogP contribution in [0.15, 0.2) is 59.6 Å². The molecule has 0 radical (unpaired) electrons. The molecule has 0 bridgehead atoms. The molecule has 0 atom stereocenters. The monoisotopic (exact) mass is 453 g/mol. The molecular weight excluding hydrogens is 431 g/mol. The van der Waals surface area contributed by atoms with Crippen LogP contribution in [0.5, 0.6) is 0 Å². The van der Waals surface area contributed by atoms with Gasteiger partial charge in [0.05, 0.1) is 10.5 Å². The summed E-state index contributed by atoms with van der Waals surface area (Å²) in [5.41, 5.74) is 1.72. The Kier molecular flexibility index (Phi) is 6.42. The second-order valence-electron chi connectivity index (χ2n) is 7.52. The number of para-hydroxylation sites is 1. The van der Waals surface area contributed by atoms with Crippen molar-refractivity contribution in [2.45, 2.75) is 31.5 Å². The Hall–Kier alpha value is -2.85. The predicted octanol–water partition coefficient (Wildman–Crippen LogP) is 4.39. The van der Waals surface area contributed by atoms with E-state index in [0.717, 1.165) is 29.6 Å². The lowest BCUT2D eigenvalue weighted by Crippen LogP contribution is -2.33. The standard InChI is InChI=1S/C21H22F3N3O3S/c1-14(2)11-27-12-18(17-5-3-4-6-19(17)27)20(28)26-15-7-9-16(10-8-15)31(29,30)25-13-21(22,23)24/h3-10,12,14,25H,11,13H2,1-2H3,(H,26,28). The molecule has 0 saturated carbocycles. The molecule has 2 N–H and O–H groups in total. The minimum atomic E-state index is -4.66. The van der Waals surface area contributed by atoms with Gasteiger partial charge in [-0.25, -0.2) is 13.1 Å². The molecule has 0 aliphatic rings. The molecule has 0 unspecified atom stereocenters. The summed E-state index contributed by atoms with van der Waals surface area (Å²) in [5.74, 6) is 0.0108. The maximum atomic E-state index is 12.8. The summed E-state index contributed by atoms with van der Waals surface area (Å²) in [6.07, 6.45) is -2.88. The number of sulfonamides is 1. The van der Waals surface area contributed by atoms with E-state index in [0.29, 0.717) is 17.2 Å².